The molecular formula is C44H38N2. The van der Waals surface area contributed by atoms with Gasteiger partial charge < -0.3 is 9.80 Å². The zero-order valence-corrected chi connectivity index (χ0v) is 26.1. The zero-order valence-electron chi connectivity index (χ0n) is 26.1. The molecule has 2 nitrogen and oxygen atoms in total. The normalized spacial score (nSPS) is 17.5. The molecule has 1 atom stereocenters. The highest BCUT2D eigenvalue weighted by Crippen LogP contribution is 2.39. The van der Waals surface area contributed by atoms with Gasteiger partial charge in [0, 0.05) is 33.5 Å². The van der Waals surface area contributed by atoms with Crippen molar-refractivity contribution in [1.82, 2.24) is 0 Å². The zero-order chi connectivity index (χ0) is 30.7. The molecule has 0 amide bonds. The molecule has 0 heterocycles. The summed E-state index contributed by atoms with van der Waals surface area (Å²) < 4.78 is 0. The lowest BCUT2D eigenvalue weighted by atomic mass is 9.94. The van der Waals surface area contributed by atoms with Crippen LogP contribution in [0, 0.1) is 0 Å². The van der Waals surface area contributed by atoms with E-state index in [0.717, 1.165) is 32.1 Å². The molecule has 2 heteroatoms. The van der Waals surface area contributed by atoms with Crippen LogP contribution in [0.25, 0.3) is 27.1 Å². The average molecular weight is 595 g/mol. The molecule has 0 saturated heterocycles. The third-order valence-electron chi connectivity index (χ3n) is 9.48. The van der Waals surface area contributed by atoms with Crippen LogP contribution in [0.2, 0.25) is 0 Å². The van der Waals surface area contributed by atoms with Crippen molar-refractivity contribution in [1.29, 1.82) is 0 Å². The predicted octanol–water partition coefficient (Wildman–Crippen LogP) is 11.8. The van der Waals surface area contributed by atoms with Crippen molar-refractivity contribution < 1.29 is 0 Å². The van der Waals surface area contributed by atoms with Gasteiger partial charge in [-0.2, -0.15) is 0 Å². The summed E-state index contributed by atoms with van der Waals surface area (Å²) in [5, 5.41) is 5.12. The van der Waals surface area contributed by atoms with Crippen molar-refractivity contribution >= 4 is 44.2 Å². The Hall–Kier alpha value is -5.34. The highest BCUT2D eigenvalue weighted by atomic mass is 15.2. The van der Waals surface area contributed by atoms with Crippen molar-refractivity contribution in [2.24, 2.45) is 0 Å². The van der Waals surface area contributed by atoms with Gasteiger partial charge in [0.25, 0.3) is 0 Å². The van der Waals surface area contributed by atoms with Gasteiger partial charge in [-0.15, -0.1) is 0 Å². The fourth-order valence-corrected chi connectivity index (χ4v) is 7.21. The molecule has 0 spiro atoms. The molecule has 0 saturated carbocycles. The van der Waals surface area contributed by atoms with Gasteiger partial charge >= 0.3 is 0 Å². The van der Waals surface area contributed by atoms with E-state index in [2.05, 4.69) is 174 Å². The van der Waals surface area contributed by atoms with Gasteiger partial charge in [0.2, 0.25) is 0 Å². The van der Waals surface area contributed by atoms with E-state index in [1.54, 1.807) is 0 Å². The number of anilines is 3. The highest BCUT2D eigenvalue weighted by Gasteiger charge is 2.24. The number of benzene rings is 5. The summed E-state index contributed by atoms with van der Waals surface area (Å²) in [5.74, 6) is 0. The van der Waals surface area contributed by atoms with E-state index in [9.17, 15) is 0 Å². The second kappa shape index (κ2) is 12.6. The Bertz CT molecular complexity index is 2080. The molecule has 224 valence electrons. The van der Waals surface area contributed by atoms with Gasteiger partial charge in [-0.25, -0.2) is 0 Å². The maximum absolute atomic E-state index is 2.58. The van der Waals surface area contributed by atoms with Gasteiger partial charge in [-0.1, -0.05) is 127 Å². The minimum Gasteiger partial charge on any atom is -0.337 e. The summed E-state index contributed by atoms with van der Waals surface area (Å²) in [6.45, 7) is 0. The lowest BCUT2D eigenvalue weighted by molar-refractivity contribution is 0.724. The van der Waals surface area contributed by atoms with Crippen LogP contribution in [0.1, 0.15) is 37.7 Å². The van der Waals surface area contributed by atoms with Crippen molar-refractivity contribution in [3.8, 4) is 0 Å². The van der Waals surface area contributed by atoms with E-state index < -0.39 is 0 Å². The molecule has 0 N–H and O–H groups in total. The van der Waals surface area contributed by atoms with Crippen molar-refractivity contribution in [2.45, 2.75) is 38.1 Å². The molecule has 3 aliphatic carbocycles. The number of rotatable bonds is 7. The van der Waals surface area contributed by atoms with Gasteiger partial charge in [-0.05, 0) is 90.4 Å². The van der Waals surface area contributed by atoms with Crippen LogP contribution >= 0.6 is 0 Å². The molecular weight excluding hydrogens is 556 g/mol. The van der Waals surface area contributed by atoms with E-state index in [1.807, 2.05) is 0 Å². The fourth-order valence-electron chi connectivity index (χ4n) is 7.21. The van der Waals surface area contributed by atoms with Crippen LogP contribution in [-0.4, -0.2) is 6.04 Å². The average Bonchev–Trinajstić information content (AvgIpc) is 3.14. The SMILES string of the molecule is C1=CCCC(N(c2ccc(C3=CCC(N(C4=CC=CCC4)c4cccc5ccccc45)C=C3)cc2)c2cccc3ccccc23)=C1. The number of hydrogen-bond donors (Lipinski definition) is 0. The molecule has 8 rings (SSSR count). The first-order valence-electron chi connectivity index (χ1n) is 16.6. The van der Waals surface area contributed by atoms with E-state index in [4.69, 9.17) is 0 Å². The molecule has 0 radical (unpaired) electrons. The van der Waals surface area contributed by atoms with E-state index >= 15 is 0 Å². The summed E-state index contributed by atoms with van der Waals surface area (Å²) >= 11 is 0. The molecule has 0 bridgehead atoms. The Morgan fingerprint density at radius 2 is 1.17 bits per heavy atom. The fraction of sp³-hybridized carbons (Fsp3) is 0.136. The second-order valence-corrected chi connectivity index (χ2v) is 12.3. The van der Waals surface area contributed by atoms with E-state index in [1.165, 1.54) is 61.1 Å². The van der Waals surface area contributed by atoms with Crippen LogP contribution in [0.4, 0.5) is 17.1 Å². The first kappa shape index (κ1) is 28.2. The van der Waals surface area contributed by atoms with Gasteiger partial charge in [0.1, 0.15) is 0 Å². The molecule has 1 unspecified atom stereocenters. The van der Waals surface area contributed by atoms with Crippen LogP contribution in [0.15, 0.2) is 175 Å². The van der Waals surface area contributed by atoms with Crippen LogP contribution in [0.3, 0.4) is 0 Å². The summed E-state index contributed by atoms with van der Waals surface area (Å²) in [6, 6.07) is 40.2. The Balaban J connectivity index is 1.10. The van der Waals surface area contributed by atoms with Crippen LogP contribution in [0.5, 0.6) is 0 Å². The maximum atomic E-state index is 2.58. The molecule has 3 aliphatic rings. The van der Waals surface area contributed by atoms with Crippen LogP contribution in [-0.2, 0) is 0 Å². The smallest absolute Gasteiger partial charge is 0.0557 e. The largest absolute Gasteiger partial charge is 0.337 e. The Morgan fingerprint density at radius 1 is 0.565 bits per heavy atom. The minimum absolute atomic E-state index is 0.264. The van der Waals surface area contributed by atoms with Gasteiger partial charge in [-0.3, -0.25) is 0 Å². The molecule has 0 fully saturated rings. The quantitative estimate of drug-likeness (QED) is 0.185. The third kappa shape index (κ3) is 5.41. The maximum Gasteiger partial charge on any atom is 0.0557 e. The number of allylic oxidation sites excluding steroid dienone is 10. The van der Waals surface area contributed by atoms with Crippen molar-refractivity contribution in [3.05, 3.63) is 181 Å². The summed E-state index contributed by atoms with van der Waals surface area (Å²) in [6.07, 6.45) is 25.9. The Labute approximate surface area is 272 Å². The highest BCUT2D eigenvalue weighted by molar-refractivity contribution is 5.98. The second-order valence-electron chi connectivity index (χ2n) is 12.3. The monoisotopic (exact) mass is 594 g/mol. The summed E-state index contributed by atoms with van der Waals surface area (Å²) in [4.78, 5) is 5.03. The van der Waals surface area contributed by atoms with Gasteiger partial charge in [0.05, 0.1) is 11.7 Å². The number of fused-ring (bicyclic) bond motifs is 2. The lowest BCUT2D eigenvalue weighted by Gasteiger charge is -2.36. The van der Waals surface area contributed by atoms with Gasteiger partial charge in [0.15, 0.2) is 0 Å². The van der Waals surface area contributed by atoms with Crippen molar-refractivity contribution in [2.75, 3.05) is 9.80 Å². The minimum atomic E-state index is 0.264. The summed E-state index contributed by atoms with van der Waals surface area (Å²) in [7, 11) is 0. The summed E-state index contributed by atoms with van der Waals surface area (Å²) in [5.41, 5.74) is 8.96. The van der Waals surface area contributed by atoms with E-state index in [0.29, 0.717) is 0 Å². The molecule has 0 aliphatic heterocycles. The molecule has 46 heavy (non-hydrogen) atoms. The van der Waals surface area contributed by atoms with Crippen molar-refractivity contribution in [3.63, 3.8) is 0 Å². The molecule has 5 aromatic carbocycles. The first-order chi connectivity index (χ1) is 22.8. The topological polar surface area (TPSA) is 6.48 Å². The molecule has 5 aromatic rings. The third-order valence-corrected chi connectivity index (χ3v) is 9.48. The number of nitrogens with zero attached hydrogens (tertiary/aromatic N) is 2. The number of hydrogen-bond acceptors (Lipinski definition) is 2. The Kier molecular flexibility index (Phi) is 7.70. The standard InChI is InChI=1S/C44H38N2/c1-3-17-37(18-4-1)45(43-23-11-15-35-13-7-9-21-41(35)43)39-29-25-33(26-30-39)34-27-31-40(32-28-34)46(38-19-5-2-6-20-38)44-24-12-16-36-14-8-10-22-42(36)44/h1-3,5,7-17,19,21-31,40H,4,6,18,20,32H2. The van der Waals surface area contributed by atoms with E-state index in [-0.39, 0.29) is 6.04 Å². The van der Waals surface area contributed by atoms with Crippen LogP contribution < -0.4 is 9.80 Å². The first-order valence-corrected chi connectivity index (χ1v) is 16.6. The molecule has 0 aromatic heterocycles. The Morgan fingerprint density at radius 3 is 1.80 bits per heavy atom. The predicted molar refractivity (Wildman–Crippen MR) is 197 cm³/mol. The lowest BCUT2D eigenvalue weighted by Crippen LogP contribution is -2.34.